The van der Waals surface area contributed by atoms with Gasteiger partial charge in [0.1, 0.15) is 5.82 Å². The maximum Gasteiger partial charge on any atom is 0.126 e. The number of nitrogens with zero attached hydrogens (tertiary/aromatic N) is 1. The Morgan fingerprint density at radius 2 is 2.00 bits per heavy atom. The van der Waals surface area contributed by atoms with Gasteiger partial charge in [0.25, 0.3) is 0 Å². The van der Waals surface area contributed by atoms with Crippen LogP contribution in [0.15, 0.2) is 18.2 Å². The van der Waals surface area contributed by atoms with Crippen LogP contribution in [-0.2, 0) is 16.1 Å². The number of hydrogen-bond donors (Lipinski definition) is 1. The van der Waals surface area contributed by atoms with E-state index >= 15 is 0 Å². The zero-order valence-corrected chi connectivity index (χ0v) is 10.9. The molecule has 0 unspecified atom stereocenters. The fourth-order valence-corrected chi connectivity index (χ4v) is 1.31. The van der Waals surface area contributed by atoms with Crippen LogP contribution in [0.4, 0.5) is 5.82 Å². The molecule has 0 saturated carbocycles. The fourth-order valence-electron chi connectivity index (χ4n) is 1.31. The van der Waals surface area contributed by atoms with E-state index in [0.29, 0.717) is 25.7 Å². The van der Waals surface area contributed by atoms with Gasteiger partial charge in [-0.05, 0) is 18.1 Å². The zero-order chi connectivity index (χ0) is 12.5. The van der Waals surface area contributed by atoms with Gasteiger partial charge in [-0.25, -0.2) is 4.98 Å². The summed E-state index contributed by atoms with van der Waals surface area (Å²) in [6, 6.07) is 5.85. The van der Waals surface area contributed by atoms with E-state index in [0.717, 1.165) is 18.1 Å². The molecule has 0 fully saturated rings. The van der Waals surface area contributed by atoms with Gasteiger partial charge in [0, 0.05) is 13.7 Å². The number of anilines is 1. The third-order valence-electron chi connectivity index (χ3n) is 2.14. The summed E-state index contributed by atoms with van der Waals surface area (Å²) in [4.78, 5) is 4.36. The summed E-state index contributed by atoms with van der Waals surface area (Å²) < 4.78 is 10.9. The first-order valence-corrected chi connectivity index (χ1v) is 6.01. The highest BCUT2D eigenvalue weighted by Gasteiger charge is 1.97. The SMILES string of the molecule is CNc1cccc(COCCOCC(C)C)n1. The van der Waals surface area contributed by atoms with Crippen LogP contribution in [0.25, 0.3) is 0 Å². The molecular weight excluding hydrogens is 216 g/mol. The number of pyridine rings is 1. The molecule has 17 heavy (non-hydrogen) atoms. The third-order valence-corrected chi connectivity index (χ3v) is 2.14. The number of ether oxygens (including phenoxy) is 2. The molecule has 0 spiro atoms. The van der Waals surface area contributed by atoms with Crippen molar-refractivity contribution < 1.29 is 9.47 Å². The molecule has 1 rings (SSSR count). The monoisotopic (exact) mass is 238 g/mol. The van der Waals surface area contributed by atoms with Gasteiger partial charge in [-0.1, -0.05) is 19.9 Å². The van der Waals surface area contributed by atoms with Crippen molar-refractivity contribution in [3.05, 3.63) is 23.9 Å². The third kappa shape index (κ3) is 6.24. The number of nitrogens with one attached hydrogen (secondary N) is 1. The molecule has 0 aliphatic rings. The van der Waals surface area contributed by atoms with Crippen LogP contribution in [0, 0.1) is 5.92 Å². The first-order chi connectivity index (χ1) is 8.22. The summed E-state index contributed by atoms with van der Waals surface area (Å²) in [6.07, 6.45) is 0. The summed E-state index contributed by atoms with van der Waals surface area (Å²) in [7, 11) is 1.85. The second-order valence-corrected chi connectivity index (χ2v) is 4.29. The molecule has 0 radical (unpaired) electrons. The molecule has 4 heteroatoms. The second-order valence-electron chi connectivity index (χ2n) is 4.29. The lowest BCUT2D eigenvalue weighted by Crippen LogP contribution is -2.09. The molecule has 0 atom stereocenters. The maximum atomic E-state index is 5.49. The van der Waals surface area contributed by atoms with Crippen LogP contribution >= 0.6 is 0 Å². The molecule has 96 valence electrons. The molecule has 0 aromatic carbocycles. The van der Waals surface area contributed by atoms with Gasteiger partial charge >= 0.3 is 0 Å². The normalized spacial score (nSPS) is 10.8. The van der Waals surface area contributed by atoms with E-state index in [1.165, 1.54) is 0 Å². The van der Waals surface area contributed by atoms with Gasteiger partial charge in [-0.3, -0.25) is 0 Å². The van der Waals surface area contributed by atoms with Crippen molar-refractivity contribution in [1.82, 2.24) is 4.98 Å². The Morgan fingerprint density at radius 1 is 1.24 bits per heavy atom. The first kappa shape index (κ1) is 13.9. The molecule has 1 aromatic rings. The average molecular weight is 238 g/mol. The molecule has 0 aliphatic carbocycles. The topological polar surface area (TPSA) is 43.4 Å². The Morgan fingerprint density at radius 3 is 2.71 bits per heavy atom. The van der Waals surface area contributed by atoms with E-state index in [1.807, 2.05) is 25.2 Å². The van der Waals surface area contributed by atoms with Crippen LogP contribution in [-0.4, -0.2) is 31.9 Å². The highest BCUT2D eigenvalue weighted by Crippen LogP contribution is 2.04. The minimum atomic E-state index is 0.528. The van der Waals surface area contributed by atoms with Gasteiger partial charge in [0.2, 0.25) is 0 Å². The van der Waals surface area contributed by atoms with Crippen molar-refractivity contribution in [2.24, 2.45) is 5.92 Å². The van der Waals surface area contributed by atoms with Crippen LogP contribution in [0.1, 0.15) is 19.5 Å². The number of hydrogen-bond acceptors (Lipinski definition) is 4. The molecule has 0 saturated heterocycles. The van der Waals surface area contributed by atoms with E-state index in [-0.39, 0.29) is 0 Å². The van der Waals surface area contributed by atoms with E-state index in [2.05, 4.69) is 24.1 Å². The Balaban J connectivity index is 2.13. The van der Waals surface area contributed by atoms with Crippen LogP contribution in [0.5, 0.6) is 0 Å². The summed E-state index contributed by atoms with van der Waals surface area (Å²) in [5, 5.41) is 3.00. The van der Waals surface area contributed by atoms with E-state index in [9.17, 15) is 0 Å². The molecule has 0 aliphatic heterocycles. The molecular formula is C13H22N2O2. The number of aromatic nitrogens is 1. The number of rotatable bonds is 8. The van der Waals surface area contributed by atoms with E-state index < -0.39 is 0 Å². The second kappa shape index (κ2) is 8.03. The lowest BCUT2D eigenvalue weighted by atomic mass is 10.2. The van der Waals surface area contributed by atoms with Crippen LogP contribution in [0.3, 0.4) is 0 Å². The molecule has 4 nitrogen and oxygen atoms in total. The minimum Gasteiger partial charge on any atom is -0.379 e. The van der Waals surface area contributed by atoms with Crippen molar-refractivity contribution in [3.8, 4) is 0 Å². The van der Waals surface area contributed by atoms with Crippen molar-refractivity contribution in [3.63, 3.8) is 0 Å². The summed E-state index contributed by atoms with van der Waals surface area (Å²) in [6.45, 7) is 6.83. The Kier molecular flexibility index (Phi) is 6.58. The van der Waals surface area contributed by atoms with E-state index in [1.54, 1.807) is 0 Å². The standard InChI is InChI=1S/C13H22N2O2/c1-11(2)9-16-7-8-17-10-12-5-4-6-13(14-3)15-12/h4-6,11H,7-10H2,1-3H3,(H,14,15). The van der Waals surface area contributed by atoms with Crippen molar-refractivity contribution in [1.29, 1.82) is 0 Å². The molecule has 1 heterocycles. The van der Waals surface area contributed by atoms with E-state index in [4.69, 9.17) is 9.47 Å². The Hall–Kier alpha value is -1.13. The van der Waals surface area contributed by atoms with Crippen LogP contribution < -0.4 is 5.32 Å². The molecule has 0 bridgehead atoms. The van der Waals surface area contributed by atoms with Gasteiger partial charge in [0.15, 0.2) is 0 Å². The highest BCUT2D eigenvalue weighted by atomic mass is 16.5. The predicted molar refractivity (Wildman–Crippen MR) is 69.1 cm³/mol. The quantitative estimate of drug-likeness (QED) is 0.706. The fraction of sp³-hybridized carbons (Fsp3) is 0.615. The molecule has 0 amide bonds. The predicted octanol–water partition coefficient (Wildman–Crippen LogP) is 2.31. The summed E-state index contributed by atoms with van der Waals surface area (Å²) in [5.74, 6) is 1.44. The minimum absolute atomic E-state index is 0.528. The highest BCUT2D eigenvalue weighted by molar-refractivity contribution is 5.33. The van der Waals surface area contributed by atoms with Crippen molar-refractivity contribution >= 4 is 5.82 Å². The zero-order valence-electron chi connectivity index (χ0n) is 10.9. The first-order valence-electron chi connectivity index (χ1n) is 6.01. The van der Waals surface area contributed by atoms with Crippen molar-refractivity contribution in [2.45, 2.75) is 20.5 Å². The summed E-state index contributed by atoms with van der Waals surface area (Å²) in [5.41, 5.74) is 0.931. The van der Waals surface area contributed by atoms with Crippen molar-refractivity contribution in [2.75, 3.05) is 32.2 Å². The largest absolute Gasteiger partial charge is 0.379 e. The van der Waals surface area contributed by atoms with Gasteiger partial charge in [-0.15, -0.1) is 0 Å². The maximum absolute atomic E-state index is 5.49. The Bertz CT molecular complexity index is 316. The lowest BCUT2D eigenvalue weighted by molar-refractivity contribution is 0.0305. The smallest absolute Gasteiger partial charge is 0.126 e. The Labute approximate surface area is 103 Å². The van der Waals surface area contributed by atoms with Gasteiger partial charge in [-0.2, -0.15) is 0 Å². The average Bonchev–Trinajstić information content (AvgIpc) is 2.33. The molecule has 1 aromatic heterocycles. The molecule has 1 N–H and O–H groups in total. The van der Waals surface area contributed by atoms with Gasteiger partial charge in [0.05, 0.1) is 25.5 Å². The van der Waals surface area contributed by atoms with Crippen LogP contribution in [0.2, 0.25) is 0 Å². The lowest BCUT2D eigenvalue weighted by Gasteiger charge is -2.08. The summed E-state index contributed by atoms with van der Waals surface area (Å²) >= 11 is 0. The van der Waals surface area contributed by atoms with Gasteiger partial charge < -0.3 is 14.8 Å².